The minimum absolute atomic E-state index is 0.505. The highest BCUT2D eigenvalue weighted by atomic mass is 35.5. The van der Waals surface area contributed by atoms with Crippen LogP contribution in [0.3, 0.4) is 0 Å². The molecule has 0 aliphatic heterocycles. The molecule has 0 atom stereocenters. The van der Waals surface area contributed by atoms with E-state index in [1.807, 2.05) is 12.3 Å². The summed E-state index contributed by atoms with van der Waals surface area (Å²) in [5.74, 6) is 0.671. The van der Waals surface area contributed by atoms with Gasteiger partial charge >= 0.3 is 0 Å². The second-order valence-corrected chi connectivity index (χ2v) is 4.40. The van der Waals surface area contributed by atoms with Crippen LogP contribution in [0.5, 0.6) is 0 Å². The van der Waals surface area contributed by atoms with E-state index in [2.05, 4.69) is 36.7 Å². The lowest BCUT2D eigenvalue weighted by molar-refractivity contribution is 0.223. The Morgan fingerprint density at radius 3 is 2.73 bits per heavy atom. The number of aromatic nitrogens is 1. The predicted octanol–water partition coefficient (Wildman–Crippen LogP) is 2.84. The molecule has 0 fully saturated rings. The Morgan fingerprint density at radius 1 is 1.47 bits per heavy atom. The van der Waals surface area contributed by atoms with Gasteiger partial charge in [-0.15, -0.1) is 11.6 Å². The number of hydrogen-bond acceptors (Lipinski definition) is 2. The zero-order chi connectivity index (χ0) is 11.3. The topological polar surface area (TPSA) is 16.1 Å². The van der Waals surface area contributed by atoms with Gasteiger partial charge < -0.3 is 0 Å². The molecule has 0 aromatic carbocycles. The summed E-state index contributed by atoms with van der Waals surface area (Å²) in [6.45, 7) is 8.27. The highest BCUT2D eigenvalue weighted by Gasteiger charge is 2.11. The number of rotatable bonds is 5. The molecule has 1 heterocycles. The fourth-order valence-electron chi connectivity index (χ4n) is 1.50. The van der Waals surface area contributed by atoms with Crippen LogP contribution in [0, 0.1) is 6.92 Å². The summed E-state index contributed by atoms with van der Waals surface area (Å²) in [5, 5.41) is 0. The second kappa shape index (κ2) is 6.09. The van der Waals surface area contributed by atoms with E-state index in [1.165, 1.54) is 5.56 Å². The number of halogens is 1. The maximum atomic E-state index is 5.78. The maximum Gasteiger partial charge on any atom is 0.0573 e. The van der Waals surface area contributed by atoms with Gasteiger partial charge in [0.2, 0.25) is 0 Å². The van der Waals surface area contributed by atoms with E-state index in [0.717, 1.165) is 18.8 Å². The molecule has 2 nitrogen and oxygen atoms in total. The molecule has 1 aromatic heterocycles. The summed E-state index contributed by atoms with van der Waals surface area (Å²) < 4.78 is 0. The lowest BCUT2D eigenvalue weighted by atomic mass is 10.2. The van der Waals surface area contributed by atoms with Gasteiger partial charge in [-0.3, -0.25) is 9.88 Å². The number of pyridine rings is 1. The van der Waals surface area contributed by atoms with Crippen LogP contribution in [0.4, 0.5) is 0 Å². The van der Waals surface area contributed by atoms with E-state index in [-0.39, 0.29) is 0 Å². The molecule has 0 saturated carbocycles. The smallest absolute Gasteiger partial charge is 0.0573 e. The minimum atomic E-state index is 0.505. The standard InChI is InChI=1S/C12H19ClN2/c1-10(2)15(8-6-13)9-12-11(3)5-4-7-14-12/h4-5,7,10H,6,8-9H2,1-3H3. The minimum Gasteiger partial charge on any atom is -0.294 e. The second-order valence-electron chi connectivity index (χ2n) is 4.02. The first-order valence-corrected chi connectivity index (χ1v) is 5.89. The molecule has 3 heteroatoms. The SMILES string of the molecule is Cc1cccnc1CN(CCCl)C(C)C. The molecular weight excluding hydrogens is 208 g/mol. The van der Waals surface area contributed by atoms with Crippen molar-refractivity contribution in [3.63, 3.8) is 0 Å². The maximum absolute atomic E-state index is 5.78. The molecule has 1 aromatic rings. The molecule has 0 saturated heterocycles. The molecule has 0 amide bonds. The van der Waals surface area contributed by atoms with E-state index >= 15 is 0 Å². The van der Waals surface area contributed by atoms with E-state index in [0.29, 0.717) is 11.9 Å². The predicted molar refractivity (Wildman–Crippen MR) is 65.2 cm³/mol. The van der Waals surface area contributed by atoms with Crippen LogP contribution in [-0.4, -0.2) is 28.4 Å². The van der Waals surface area contributed by atoms with Crippen molar-refractivity contribution < 1.29 is 0 Å². The van der Waals surface area contributed by atoms with Gasteiger partial charge in [0.25, 0.3) is 0 Å². The molecule has 1 rings (SSSR count). The monoisotopic (exact) mass is 226 g/mol. The quantitative estimate of drug-likeness (QED) is 0.718. The van der Waals surface area contributed by atoms with Gasteiger partial charge in [0.1, 0.15) is 0 Å². The van der Waals surface area contributed by atoms with Gasteiger partial charge in [-0.25, -0.2) is 0 Å². The molecule has 15 heavy (non-hydrogen) atoms. The van der Waals surface area contributed by atoms with Crippen LogP contribution in [-0.2, 0) is 6.54 Å². The van der Waals surface area contributed by atoms with Gasteiger partial charge in [-0.1, -0.05) is 6.07 Å². The number of aryl methyl sites for hydroxylation is 1. The first kappa shape index (κ1) is 12.5. The van der Waals surface area contributed by atoms with Gasteiger partial charge in [-0.05, 0) is 32.4 Å². The van der Waals surface area contributed by atoms with Crippen LogP contribution in [0.25, 0.3) is 0 Å². The van der Waals surface area contributed by atoms with Gasteiger partial charge in [0.05, 0.1) is 5.69 Å². The first-order valence-electron chi connectivity index (χ1n) is 5.35. The van der Waals surface area contributed by atoms with Crippen molar-refractivity contribution in [3.8, 4) is 0 Å². The van der Waals surface area contributed by atoms with Gasteiger partial charge in [0.15, 0.2) is 0 Å². The fourth-order valence-corrected chi connectivity index (χ4v) is 1.72. The van der Waals surface area contributed by atoms with Crippen LogP contribution in [0.1, 0.15) is 25.1 Å². The summed E-state index contributed by atoms with van der Waals surface area (Å²) in [6, 6.07) is 4.58. The fraction of sp³-hybridized carbons (Fsp3) is 0.583. The summed E-state index contributed by atoms with van der Waals surface area (Å²) in [5.41, 5.74) is 2.40. The largest absolute Gasteiger partial charge is 0.294 e. The van der Waals surface area contributed by atoms with E-state index in [1.54, 1.807) is 0 Å². The molecule has 0 spiro atoms. The van der Waals surface area contributed by atoms with Crippen LogP contribution >= 0.6 is 11.6 Å². The highest BCUT2D eigenvalue weighted by molar-refractivity contribution is 6.18. The van der Waals surface area contributed by atoms with Crippen LogP contribution in [0.15, 0.2) is 18.3 Å². The van der Waals surface area contributed by atoms with Gasteiger partial charge in [-0.2, -0.15) is 0 Å². The Morgan fingerprint density at radius 2 is 2.20 bits per heavy atom. The van der Waals surface area contributed by atoms with E-state index < -0.39 is 0 Å². The van der Waals surface area contributed by atoms with Crippen molar-refractivity contribution in [3.05, 3.63) is 29.6 Å². The normalized spacial score (nSPS) is 11.3. The highest BCUT2D eigenvalue weighted by Crippen LogP contribution is 2.09. The van der Waals surface area contributed by atoms with Crippen molar-refractivity contribution in [1.82, 2.24) is 9.88 Å². The van der Waals surface area contributed by atoms with Crippen LogP contribution in [0.2, 0.25) is 0 Å². The van der Waals surface area contributed by atoms with Crippen molar-refractivity contribution in [2.75, 3.05) is 12.4 Å². The Balaban J connectivity index is 2.69. The molecule has 0 aliphatic rings. The van der Waals surface area contributed by atoms with Crippen molar-refractivity contribution >= 4 is 11.6 Å². The van der Waals surface area contributed by atoms with Crippen LogP contribution < -0.4 is 0 Å². The summed E-state index contributed by atoms with van der Waals surface area (Å²) in [6.07, 6.45) is 1.85. The lowest BCUT2D eigenvalue weighted by Gasteiger charge is -2.25. The first-order chi connectivity index (χ1) is 7.15. The number of hydrogen-bond donors (Lipinski definition) is 0. The Kier molecular flexibility index (Phi) is 5.06. The summed E-state index contributed by atoms with van der Waals surface area (Å²) in [7, 11) is 0. The molecule has 0 N–H and O–H groups in total. The van der Waals surface area contributed by atoms with Crippen molar-refractivity contribution in [2.45, 2.75) is 33.4 Å². The molecule has 0 aliphatic carbocycles. The van der Waals surface area contributed by atoms with Crippen molar-refractivity contribution in [2.24, 2.45) is 0 Å². The Labute approximate surface area is 97.3 Å². The molecule has 0 unspecified atom stereocenters. The number of nitrogens with zero attached hydrogens (tertiary/aromatic N) is 2. The zero-order valence-corrected chi connectivity index (χ0v) is 10.5. The third kappa shape index (κ3) is 3.80. The van der Waals surface area contributed by atoms with Crippen molar-refractivity contribution in [1.29, 1.82) is 0 Å². The zero-order valence-electron chi connectivity index (χ0n) is 9.70. The molecule has 0 radical (unpaired) electrons. The number of alkyl halides is 1. The summed E-state index contributed by atoms with van der Waals surface area (Å²) in [4.78, 5) is 6.73. The Hall–Kier alpha value is -0.600. The third-order valence-electron chi connectivity index (χ3n) is 2.57. The third-order valence-corrected chi connectivity index (χ3v) is 2.74. The lowest BCUT2D eigenvalue weighted by Crippen LogP contribution is -2.32. The average Bonchev–Trinajstić information content (AvgIpc) is 2.20. The average molecular weight is 227 g/mol. The molecule has 84 valence electrons. The van der Waals surface area contributed by atoms with Gasteiger partial charge in [0, 0.05) is 31.2 Å². The molecular formula is C12H19ClN2. The molecule has 0 bridgehead atoms. The Bertz CT molecular complexity index is 299. The summed E-state index contributed by atoms with van der Waals surface area (Å²) >= 11 is 5.78. The van der Waals surface area contributed by atoms with E-state index in [9.17, 15) is 0 Å². The van der Waals surface area contributed by atoms with E-state index in [4.69, 9.17) is 11.6 Å².